The summed E-state index contributed by atoms with van der Waals surface area (Å²) in [5, 5.41) is 10.7. The number of hydrogen-bond donors (Lipinski definition) is 0. The summed E-state index contributed by atoms with van der Waals surface area (Å²) in [6.45, 7) is 2.62. The van der Waals surface area contributed by atoms with Crippen LogP contribution < -0.4 is 9.47 Å². The van der Waals surface area contributed by atoms with Crippen molar-refractivity contribution >= 4 is 5.69 Å². The van der Waals surface area contributed by atoms with Gasteiger partial charge in [-0.05, 0) is 18.6 Å². The molecule has 0 fully saturated rings. The molecule has 0 atom stereocenters. The van der Waals surface area contributed by atoms with Crippen LogP contribution in [0.2, 0.25) is 0 Å². The van der Waals surface area contributed by atoms with Crippen LogP contribution in [0.5, 0.6) is 11.5 Å². The molecule has 0 aliphatic carbocycles. The molecule has 0 N–H and O–H groups in total. The van der Waals surface area contributed by atoms with E-state index in [1.54, 1.807) is 12.1 Å². The largest absolute Gasteiger partial charge is 0.493 e. The average molecular weight is 225 g/mol. The smallest absolute Gasteiger partial charge is 0.314 e. The number of nitro groups is 1. The lowest BCUT2D eigenvalue weighted by molar-refractivity contribution is -0.385. The van der Waals surface area contributed by atoms with Crippen LogP contribution in [0.1, 0.15) is 19.8 Å². The predicted molar refractivity (Wildman–Crippen MR) is 60.1 cm³/mol. The first-order valence-electron chi connectivity index (χ1n) is 5.14. The summed E-state index contributed by atoms with van der Waals surface area (Å²) >= 11 is 0. The molecule has 1 aromatic rings. The monoisotopic (exact) mass is 225 g/mol. The number of ether oxygens (including phenoxy) is 2. The standard InChI is InChI=1S/C11H15NO4/c1-3-4-7-16-9-5-6-11(15-2)10(8-9)12(13)14/h5-6,8H,3-4,7H2,1-2H3. The maximum atomic E-state index is 10.7. The van der Waals surface area contributed by atoms with E-state index in [1.807, 2.05) is 0 Å². The summed E-state index contributed by atoms with van der Waals surface area (Å²) in [6, 6.07) is 4.59. The molecule has 0 amide bonds. The van der Waals surface area contributed by atoms with Gasteiger partial charge in [-0.3, -0.25) is 10.1 Å². The minimum absolute atomic E-state index is 0.0727. The van der Waals surface area contributed by atoms with Gasteiger partial charge >= 0.3 is 5.69 Å². The van der Waals surface area contributed by atoms with Crippen LogP contribution in [0.4, 0.5) is 5.69 Å². The third-order valence-corrected chi connectivity index (χ3v) is 2.11. The zero-order valence-electron chi connectivity index (χ0n) is 9.43. The van der Waals surface area contributed by atoms with Gasteiger partial charge in [0, 0.05) is 0 Å². The molecule has 0 spiro atoms. The first-order chi connectivity index (χ1) is 7.69. The molecule has 1 aromatic carbocycles. The van der Waals surface area contributed by atoms with Crippen molar-refractivity contribution in [2.75, 3.05) is 13.7 Å². The summed E-state index contributed by atoms with van der Waals surface area (Å²) in [5.74, 6) is 0.744. The fraction of sp³-hybridized carbons (Fsp3) is 0.455. The Kier molecular flexibility index (Phi) is 4.57. The minimum Gasteiger partial charge on any atom is -0.493 e. The SMILES string of the molecule is CCCCOc1ccc(OC)c([N+](=O)[O-])c1. The highest BCUT2D eigenvalue weighted by Gasteiger charge is 2.15. The second-order valence-electron chi connectivity index (χ2n) is 3.29. The molecular formula is C11H15NO4. The van der Waals surface area contributed by atoms with Gasteiger partial charge in [-0.25, -0.2) is 0 Å². The minimum atomic E-state index is -0.481. The number of unbranched alkanes of at least 4 members (excludes halogenated alkanes) is 1. The first kappa shape index (κ1) is 12.3. The van der Waals surface area contributed by atoms with E-state index < -0.39 is 4.92 Å². The van der Waals surface area contributed by atoms with Crippen molar-refractivity contribution in [3.05, 3.63) is 28.3 Å². The summed E-state index contributed by atoms with van der Waals surface area (Å²) in [6.07, 6.45) is 1.96. The van der Waals surface area contributed by atoms with Crippen molar-refractivity contribution in [2.45, 2.75) is 19.8 Å². The summed E-state index contributed by atoms with van der Waals surface area (Å²) in [7, 11) is 1.40. The normalized spacial score (nSPS) is 9.88. The fourth-order valence-corrected chi connectivity index (χ4v) is 1.24. The molecule has 1 rings (SSSR count). The van der Waals surface area contributed by atoms with E-state index in [-0.39, 0.29) is 11.4 Å². The molecule has 0 aliphatic rings. The van der Waals surface area contributed by atoms with E-state index >= 15 is 0 Å². The summed E-state index contributed by atoms with van der Waals surface area (Å²) in [4.78, 5) is 10.3. The van der Waals surface area contributed by atoms with Crippen molar-refractivity contribution in [1.29, 1.82) is 0 Å². The van der Waals surface area contributed by atoms with Crippen molar-refractivity contribution in [2.24, 2.45) is 0 Å². The number of benzene rings is 1. The van der Waals surface area contributed by atoms with Gasteiger partial charge in [-0.1, -0.05) is 13.3 Å². The molecule has 0 bridgehead atoms. The van der Waals surface area contributed by atoms with Gasteiger partial charge < -0.3 is 9.47 Å². The van der Waals surface area contributed by atoms with Crippen molar-refractivity contribution in [3.63, 3.8) is 0 Å². The molecule has 5 nitrogen and oxygen atoms in total. The van der Waals surface area contributed by atoms with Crippen LogP contribution in [-0.2, 0) is 0 Å². The molecular weight excluding hydrogens is 210 g/mol. The molecule has 0 heterocycles. The zero-order valence-corrected chi connectivity index (χ0v) is 9.43. The molecule has 5 heteroatoms. The van der Waals surface area contributed by atoms with E-state index in [0.717, 1.165) is 12.8 Å². The highest BCUT2D eigenvalue weighted by Crippen LogP contribution is 2.30. The topological polar surface area (TPSA) is 61.6 Å². The fourth-order valence-electron chi connectivity index (χ4n) is 1.24. The Morgan fingerprint density at radius 2 is 2.19 bits per heavy atom. The maximum absolute atomic E-state index is 10.7. The number of nitro benzene ring substituents is 1. The highest BCUT2D eigenvalue weighted by atomic mass is 16.6. The third-order valence-electron chi connectivity index (χ3n) is 2.11. The van der Waals surface area contributed by atoms with Crippen LogP contribution in [0, 0.1) is 10.1 Å². The Bertz CT molecular complexity index is 365. The van der Waals surface area contributed by atoms with Gasteiger partial charge in [0.15, 0.2) is 5.75 Å². The molecule has 0 saturated heterocycles. The zero-order chi connectivity index (χ0) is 12.0. The molecule has 16 heavy (non-hydrogen) atoms. The number of methoxy groups -OCH3 is 1. The Morgan fingerprint density at radius 1 is 1.44 bits per heavy atom. The van der Waals surface area contributed by atoms with Gasteiger partial charge in [-0.15, -0.1) is 0 Å². The average Bonchev–Trinajstić information content (AvgIpc) is 2.29. The number of rotatable bonds is 6. The Hall–Kier alpha value is -1.78. The Morgan fingerprint density at radius 3 is 2.75 bits per heavy atom. The van der Waals surface area contributed by atoms with E-state index in [1.165, 1.54) is 13.2 Å². The lowest BCUT2D eigenvalue weighted by atomic mass is 10.3. The number of hydrogen-bond acceptors (Lipinski definition) is 4. The van der Waals surface area contributed by atoms with E-state index in [9.17, 15) is 10.1 Å². The number of nitrogens with zero attached hydrogens (tertiary/aromatic N) is 1. The van der Waals surface area contributed by atoms with Crippen LogP contribution in [0.15, 0.2) is 18.2 Å². The summed E-state index contributed by atoms with van der Waals surface area (Å²) < 4.78 is 10.3. The highest BCUT2D eigenvalue weighted by molar-refractivity contribution is 5.50. The lowest BCUT2D eigenvalue weighted by Gasteiger charge is -2.06. The van der Waals surface area contributed by atoms with Crippen LogP contribution >= 0.6 is 0 Å². The van der Waals surface area contributed by atoms with E-state index in [4.69, 9.17) is 9.47 Å². The second-order valence-corrected chi connectivity index (χ2v) is 3.29. The van der Waals surface area contributed by atoms with Crippen LogP contribution in [0.3, 0.4) is 0 Å². The Labute approximate surface area is 94.1 Å². The molecule has 0 radical (unpaired) electrons. The van der Waals surface area contributed by atoms with Crippen molar-refractivity contribution in [1.82, 2.24) is 0 Å². The Balaban J connectivity index is 2.81. The van der Waals surface area contributed by atoms with Crippen molar-refractivity contribution < 1.29 is 14.4 Å². The van der Waals surface area contributed by atoms with E-state index in [0.29, 0.717) is 12.4 Å². The van der Waals surface area contributed by atoms with Gasteiger partial charge in [0.25, 0.3) is 0 Å². The summed E-state index contributed by atoms with van der Waals surface area (Å²) in [5.41, 5.74) is -0.0727. The van der Waals surface area contributed by atoms with Gasteiger partial charge in [-0.2, -0.15) is 0 Å². The molecule has 0 aromatic heterocycles. The molecule has 0 saturated carbocycles. The quantitative estimate of drug-likeness (QED) is 0.424. The maximum Gasteiger partial charge on any atom is 0.314 e. The molecule has 88 valence electrons. The van der Waals surface area contributed by atoms with Crippen LogP contribution in [0.25, 0.3) is 0 Å². The van der Waals surface area contributed by atoms with E-state index in [2.05, 4.69) is 6.92 Å². The molecule has 0 unspecified atom stereocenters. The van der Waals surface area contributed by atoms with Gasteiger partial charge in [0.2, 0.25) is 0 Å². The second kappa shape index (κ2) is 5.95. The predicted octanol–water partition coefficient (Wildman–Crippen LogP) is 2.78. The van der Waals surface area contributed by atoms with Gasteiger partial charge in [0.1, 0.15) is 5.75 Å². The van der Waals surface area contributed by atoms with Crippen LogP contribution in [-0.4, -0.2) is 18.6 Å². The lowest BCUT2D eigenvalue weighted by Crippen LogP contribution is -1.98. The third kappa shape index (κ3) is 3.12. The molecule has 0 aliphatic heterocycles. The van der Waals surface area contributed by atoms with Crippen molar-refractivity contribution in [3.8, 4) is 11.5 Å². The first-order valence-corrected chi connectivity index (χ1v) is 5.14. The van der Waals surface area contributed by atoms with Gasteiger partial charge in [0.05, 0.1) is 24.7 Å².